The summed E-state index contributed by atoms with van der Waals surface area (Å²) in [5.74, 6) is -0.819. The van der Waals surface area contributed by atoms with E-state index in [4.69, 9.17) is 4.74 Å². The minimum atomic E-state index is -0.701. The normalized spacial score (nSPS) is 20.4. The van der Waals surface area contributed by atoms with Crippen LogP contribution in [0.2, 0.25) is 0 Å². The van der Waals surface area contributed by atoms with E-state index in [9.17, 15) is 14.4 Å². The zero-order valence-electron chi connectivity index (χ0n) is 11.9. The first-order valence-corrected chi connectivity index (χ1v) is 7.01. The number of nitrogens with one attached hydrogen (secondary N) is 1. The van der Waals surface area contributed by atoms with E-state index in [1.807, 2.05) is 0 Å². The average molecular weight is 305 g/mol. The summed E-state index contributed by atoms with van der Waals surface area (Å²) in [6, 6.07) is 1.14. The molecule has 1 N–H and O–H groups in total. The van der Waals surface area contributed by atoms with Gasteiger partial charge in [-0.05, 0) is 25.8 Å². The molecular formula is C13H15N5O4. The SMILES string of the molecule is CCOC(=O)[C@@H]1CC[C@H]1n1c(=O)nc(-n2cccn2)[nH]c1=O. The standard InChI is InChI=1S/C13H15N5O4/c1-2-22-10(19)8-4-5-9(8)18-12(20)15-11(16-13(18)21)17-7-3-6-14-17/h3,6-9H,2,4-5H2,1H3,(H,15,16,20,21)/t8-,9-/m1/s1. The van der Waals surface area contributed by atoms with Crippen molar-refractivity contribution < 1.29 is 9.53 Å². The highest BCUT2D eigenvalue weighted by Crippen LogP contribution is 2.37. The number of hydrogen-bond acceptors (Lipinski definition) is 6. The van der Waals surface area contributed by atoms with Crippen LogP contribution in [0.4, 0.5) is 0 Å². The summed E-state index contributed by atoms with van der Waals surface area (Å²) >= 11 is 0. The van der Waals surface area contributed by atoms with Gasteiger partial charge in [0.1, 0.15) is 0 Å². The molecule has 2 heterocycles. The molecule has 9 heteroatoms. The van der Waals surface area contributed by atoms with Crippen LogP contribution in [0.3, 0.4) is 0 Å². The number of hydrogen-bond donors (Lipinski definition) is 1. The van der Waals surface area contributed by atoms with E-state index in [0.717, 1.165) is 4.57 Å². The van der Waals surface area contributed by atoms with Crippen LogP contribution >= 0.6 is 0 Å². The van der Waals surface area contributed by atoms with Crippen LogP contribution in [0, 0.1) is 5.92 Å². The highest BCUT2D eigenvalue weighted by atomic mass is 16.5. The van der Waals surface area contributed by atoms with Gasteiger partial charge < -0.3 is 4.74 Å². The van der Waals surface area contributed by atoms with E-state index in [1.54, 1.807) is 19.2 Å². The molecule has 0 bridgehead atoms. The molecule has 1 fully saturated rings. The third-order valence-electron chi connectivity index (χ3n) is 3.73. The molecule has 0 aromatic carbocycles. The highest BCUT2D eigenvalue weighted by molar-refractivity contribution is 5.74. The van der Waals surface area contributed by atoms with Gasteiger partial charge in [0.15, 0.2) is 0 Å². The van der Waals surface area contributed by atoms with Crippen molar-refractivity contribution in [3.63, 3.8) is 0 Å². The first-order chi connectivity index (χ1) is 10.6. The fourth-order valence-corrected chi connectivity index (χ4v) is 2.53. The van der Waals surface area contributed by atoms with Crippen LogP contribution in [0.1, 0.15) is 25.8 Å². The number of aromatic nitrogens is 5. The van der Waals surface area contributed by atoms with Crippen molar-refractivity contribution in [3.05, 3.63) is 39.4 Å². The van der Waals surface area contributed by atoms with Crippen LogP contribution in [0.5, 0.6) is 0 Å². The van der Waals surface area contributed by atoms with Gasteiger partial charge >= 0.3 is 17.3 Å². The maximum absolute atomic E-state index is 12.2. The summed E-state index contributed by atoms with van der Waals surface area (Å²) in [5, 5.41) is 3.91. The molecule has 1 aliphatic carbocycles. The van der Waals surface area contributed by atoms with E-state index in [2.05, 4.69) is 15.1 Å². The Morgan fingerprint density at radius 2 is 2.27 bits per heavy atom. The molecule has 22 heavy (non-hydrogen) atoms. The van der Waals surface area contributed by atoms with Crippen LogP contribution in [-0.2, 0) is 9.53 Å². The summed E-state index contributed by atoms with van der Waals surface area (Å²) in [5.41, 5.74) is -1.31. The van der Waals surface area contributed by atoms with E-state index < -0.39 is 23.3 Å². The Labute approximate surface area is 124 Å². The molecule has 1 aliphatic rings. The van der Waals surface area contributed by atoms with Gasteiger partial charge in [0.2, 0.25) is 5.95 Å². The molecule has 0 saturated heterocycles. The monoisotopic (exact) mass is 305 g/mol. The predicted octanol–water partition coefficient (Wildman–Crippen LogP) is -0.368. The molecule has 3 rings (SSSR count). The second-order valence-electron chi connectivity index (χ2n) is 4.97. The average Bonchev–Trinajstić information content (AvgIpc) is 2.95. The van der Waals surface area contributed by atoms with E-state index in [1.165, 1.54) is 10.9 Å². The molecule has 2 aromatic rings. The first kappa shape index (κ1) is 14.2. The van der Waals surface area contributed by atoms with Crippen molar-refractivity contribution in [2.24, 2.45) is 5.92 Å². The van der Waals surface area contributed by atoms with Crippen LogP contribution in [0.15, 0.2) is 28.0 Å². The van der Waals surface area contributed by atoms with E-state index in [-0.39, 0.29) is 18.5 Å². The molecule has 0 radical (unpaired) electrons. The number of carbonyl (C=O) groups excluding carboxylic acids is 1. The number of nitrogens with zero attached hydrogens (tertiary/aromatic N) is 4. The molecular weight excluding hydrogens is 290 g/mol. The van der Waals surface area contributed by atoms with Crippen LogP contribution < -0.4 is 11.4 Å². The third kappa shape index (κ3) is 2.34. The topological polar surface area (TPSA) is 112 Å². The van der Waals surface area contributed by atoms with E-state index >= 15 is 0 Å². The number of ether oxygens (including phenoxy) is 1. The fraction of sp³-hybridized carbons (Fsp3) is 0.462. The molecule has 2 atom stereocenters. The van der Waals surface area contributed by atoms with Gasteiger partial charge in [0, 0.05) is 12.4 Å². The minimum Gasteiger partial charge on any atom is -0.466 e. The molecule has 0 amide bonds. The van der Waals surface area contributed by atoms with Gasteiger partial charge in [-0.3, -0.25) is 9.78 Å². The largest absolute Gasteiger partial charge is 0.466 e. The van der Waals surface area contributed by atoms with Crippen LogP contribution in [0.25, 0.3) is 5.95 Å². The second kappa shape index (κ2) is 5.58. The molecule has 1 saturated carbocycles. The lowest BCUT2D eigenvalue weighted by Crippen LogP contribution is -2.48. The Hall–Kier alpha value is -2.71. The Bertz CT molecular complexity index is 760. The van der Waals surface area contributed by atoms with Crippen LogP contribution in [-0.4, -0.2) is 36.9 Å². The van der Waals surface area contributed by atoms with E-state index in [0.29, 0.717) is 12.8 Å². The zero-order chi connectivity index (χ0) is 15.7. The second-order valence-corrected chi connectivity index (χ2v) is 4.97. The number of aromatic amines is 1. The summed E-state index contributed by atoms with van der Waals surface area (Å²) in [4.78, 5) is 42.5. The summed E-state index contributed by atoms with van der Waals surface area (Å²) in [6.07, 6.45) is 4.23. The molecule has 9 nitrogen and oxygen atoms in total. The Balaban J connectivity index is 1.94. The fourth-order valence-electron chi connectivity index (χ4n) is 2.53. The lowest BCUT2D eigenvalue weighted by molar-refractivity contribution is -0.153. The smallest absolute Gasteiger partial charge is 0.355 e. The highest BCUT2D eigenvalue weighted by Gasteiger charge is 2.40. The van der Waals surface area contributed by atoms with Crippen molar-refractivity contribution in [1.29, 1.82) is 0 Å². The van der Waals surface area contributed by atoms with Gasteiger partial charge in [-0.2, -0.15) is 10.1 Å². The first-order valence-electron chi connectivity index (χ1n) is 7.01. The minimum absolute atomic E-state index is 0.0447. The predicted molar refractivity (Wildman–Crippen MR) is 74.6 cm³/mol. The van der Waals surface area contributed by atoms with Gasteiger partial charge in [0.25, 0.3) is 0 Å². The van der Waals surface area contributed by atoms with Crippen molar-refractivity contribution >= 4 is 5.97 Å². The van der Waals surface area contributed by atoms with Crippen molar-refractivity contribution in [2.75, 3.05) is 6.61 Å². The number of H-pyrrole nitrogens is 1. The van der Waals surface area contributed by atoms with Gasteiger partial charge in [-0.25, -0.2) is 18.8 Å². The molecule has 2 aromatic heterocycles. The van der Waals surface area contributed by atoms with Crippen molar-refractivity contribution in [2.45, 2.75) is 25.8 Å². The number of esters is 1. The maximum atomic E-state index is 12.2. The Kier molecular flexibility index (Phi) is 3.61. The molecule has 0 unspecified atom stereocenters. The maximum Gasteiger partial charge on any atom is 0.355 e. The quantitative estimate of drug-likeness (QED) is 0.771. The summed E-state index contributed by atoms with van der Waals surface area (Å²) in [6.45, 7) is 1.98. The summed E-state index contributed by atoms with van der Waals surface area (Å²) in [7, 11) is 0. The molecule has 0 spiro atoms. The summed E-state index contributed by atoms with van der Waals surface area (Å²) < 4.78 is 7.23. The van der Waals surface area contributed by atoms with Crippen molar-refractivity contribution in [1.82, 2.24) is 24.3 Å². The lowest BCUT2D eigenvalue weighted by atomic mass is 9.79. The van der Waals surface area contributed by atoms with Gasteiger partial charge in [-0.15, -0.1) is 0 Å². The number of rotatable bonds is 4. The lowest BCUT2D eigenvalue weighted by Gasteiger charge is -2.34. The zero-order valence-corrected chi connectivity index (χ0v) is 11.9. The van der Waals surface area contributed by atoms with Crippen molar-refractivity contribution in [3.8, 4) is 5.95 Å². The Morgan fingerprint density at radius 3 is 2.82 bits per heavy atom. The van der Waals surface area contributed by atoms with Gasteiger partial charge in [-0.1, -0.05) is 0 Å². The Morgan fingerprint density at radius 1 is 1.45 bits per heavy atom. The molecule has 116 valence electrons. The molecule has 0 aliphatic heterocycles. The number of carbonyl (C=O) groups is 1. The third-order valence-corrected chi connectivity index (χ3v) is 3.73. The van der Waals surface area contributed by atoms with Gasteiger partial charge in [0.05, 0.1) is 18.6 Å².